The van der Waals surface area contributed by atoms with Gasteiger partial charge in [-0.15, -0.1) is 0 Å². The number of H-pyrrole nitrogens is 1. The van der Waals surface area contributed by atoms with E-state index >= 15 is 0 Å². The number of carboxylic acids is 1. The number of nitrogens with one attached hydrogen (secondary N) is 6. The fourth-order valence-corrected chi connectivity index (χ4v) is 7.23. The van der Waals surface area contributed by atoms with Crippen LogP contribution in [0.4, 0.5) is 4.79 Å². The summed E-state index contributed by atoms with van der Waals surface area (Å²) in [5, 5.41) is 53.5. The number of carbonyl (C=O) groups is 5. The minimum absolute atomic E-state index is 0.0231. The molecule has 0 radical (unpaired) electrons. The number of thioether (sulfide) groups is 1. The second-order valence-electron chi connectivity index (χ2n) is 14.4. The van der Waals surface area contributed by atoms with Crippen molar-refractivity contribution in [3.63, 3.8) is 0 Å². The zero-order chi connectivity index (χ0) is 43.7. The summed E-state index contributed by atoms with van der Waals surface area (Å²) in [6, 6.07) is 4.93. The number of rotatable bonds is 16. The van der Waals surface area contributed by atoms with E-state index in [2.05, 4.69) is 31.6 Å². The van der Waals surface area contributed by atoms with E-state index in [1.54, 1.807) is 24.5 Å². The molecule has 10 N–H and O–H groups in total. The van der Waals surface area contributed by atoms with Gasteiger partial charge in [0.2, 0.25) is 23.9 Å². The minimum atomic E-state index is -1.48. The number of benzene rings is 2. The van der Waals surface area contributed by atoms with Gasteiger partial charge in [0.1, 0.15) is 41.5 Å². The molecule has 21 heteroatoms. The van der Waals surface area contributed by atoms with Gasteiger partial charge in [-0.2, -0.15) is 11.8 Å². The first-order valence-corrected chi connectivity index (χ1v) is 20.3. The summed E-state index contributed by atoms with van der Waals surface area (Å²) in [5.41, 5.74) is 0.450. The molecule has 5 rings (SSSR count). The highest BCUT2D eigenvalue weighted by Crippen LogP contribution is 2.30. The number of hydrogen-bond donors (Lipinski definition) is 10. The number of nitrogens with zero attached hydrogens (tertiary/aromatic N) is 2. The number of phenols is 2. The highest BCUT2D eigenvalue weighted by atomic mass is 32.2. The SMILES string of the molecule is CSCC[C@H](NC(=O)N[C@@H](Cc1ccc(O)cc1)C(=O)O)C(=O)N[C@H](C(=O)N/C=C1/C[C@@H](O)[C@H](n2ccc(=O)[nH]c2=O)O1)[C@H](C)N(C)C(=O)C1Cc2cccc(O)c2CN1. The lowest BCUT2D eigenvalue weighted by Gasteiger charge is -2.36. The quantitative estimate of drug-likeness (QED) is 0.0857. The molecule has 2 aliphatic heterocycles. The molecule has 1 saturated heterocycles. The lowest BCUT2D eigenvalue weighted by Crippen LogP contribution is -2.62. The molecule has 20 nitrogen and oxygen atoms in total. The molecule has 0 saturated carbocycles. The molecule has 3 heterocycles. The summed E-state index contributed by atoms with van der Waals surface area (Å²) in [4.78, 5) is 94.5. The van der Waals surface area contributed by atoms with Gasteiger partial charge < -0.3 is 56.6 Å². The Morgan fingerprint density at radius 2 is 1.72 bits per heavy atom. The Morgan fingerprint density at radius 1 is 1.00 bits per heavy atom. The number of aromatic nitrogens is 2. The number of aromatic hydroxyl groups is 2. The predicted molar refractivity (Wildman–Crippen MR) is 217 cm³/mol. The molecule has 1 fully saturated rings. The number of amides is 5. The van der Waals surface area contributed by atoms with Gasteiger partial charge in [-0.1, -0.05) is 24.3 Å². The Balaban J connectivity index is 1.35. The van der Waals surface area contributed by atoms with Gasteiger partial charge >= 0.3 is 17.7 Å². The molecule has 60 heavy (non-hydrogen) atoms. The van der Waals surface area contributed by atoms with Crippen LogP contribution in [-0.2, 0) is 43.3 Å². The Hall–Kier alpha value is -6.32. The Labute approximate surface area is 347 Å². The van der Waals surface area contributed by atoms with Crippen LogP contribution in [0.25, 0.3) is 0 Å². The number of aliphatic hydroxyl groups excluding tert-OH is 1. The average molecular weight is 853 g/mol. The van der Waals surface area contributed by atoms with Crippen LogP contribution in [0.2, 0.25) is 0 Å². The predicted octanol–water partition coefficient (Wildman–Crippen LogP) is -0.652. The van der Waals surface area contributed by atoms with Gasteiger partial charge in [0, 0.05) is 50.5 Å². The minimum Gasteiger partial charge on any atom is -0.508 e. The van der Waals surface area contributed by atoms with E-state index in [-0.39, 0.29) is 49.5 Å². The first kappa shape index (κ1) is 44.8. The van der Waals surface area contributed by atoms with Gasteiger partial charge in [0.15, 0.2) is 0 Å². The molecular formula is C39H48N8O12S. The van der Waals surface area contributed by atoms with Gasteiger partial charge in [-0.3, -0.25) is 28.7 Å². The third kappa shape index (κ3) is 11.2. The number of phenolic OH excluding ortho intramolecular Hbond substituents is 2. The van der Waals surface area contributed by atoms with Crippen molar-refractivity contribution in [1.82, 2.24) is 41.0 Å². The number of fused-ring (bicyclic) bond motifs is 1. The van der Waals surface area contributed by atoms with Crippen molar-refractivity contribution in [3.8, 4) is 11.5 Å². The number of likely N-dealkylation sites (N-methyl/N-ethyl adjacent to an activating group) is 1. The van der Waals surface area contributed by atoms with Crippen molar-refractivity contribution < 1.29 is 49.1 Å². The second-order valence-corrected chi connectivity index (χ2v) is 15.3. The first-order valence-electron chi connectivity index (χ1n) is 18.9. The van der Waals surface area contributed by atoms with Gasteiger partial charge in [-0.25, -0.2) is 14.4 Å². The number of aliphatic hydroxyl groups is 1. The largest absolute Gasteiger partial charge is 0.508 e. The Morgan fingerprint density at radius 3 is 2.40 bits per heavy atom. The van der Waals surface area contributed by atoms with E-state index < -0.39 is 83.5 Å². The molecule has 2 aliphatic rings. The summed E-state index contributed by atoms with van der Waals surface area (Å²) in [7, 11) is 1.46. The number of carbonyl (C=O) groups excluding carboxylic acids is 4. The third-order valence-corrected chi connectivity index (χ3v) is 10.9. The van der Waals surface area contributed by atoms with E-state index in [0.717, 1.165) is 28.6 Å². The molecule has 1 unspecified atom stereocenters. The molecule has 322 valence electrons. The zero-order valence-corrected chi connectivity index (χ0v) is 33.7. The summed E-state index contributed by atoms with van der Waals surface area (Å²) in [5.74, 6) is -2.94. The van der Waals surface area contributed by atoms with Crippen molar-refractivity contribution in [2.75, 3.05) is 19.1 Å². The molecule has 3 aromatic rings. The van der Waals surface area contributed by atoms with Gasteiger partial charge in [0.05, 0.1) is 12.1 Å². The van der Waals surface area contributed by atoms with Gasteiger partial charge in [-0.05, 0) is 61.1 Å². The lowest BCUT2D eigenvalue weighted by atomic mass is 9.94. The van der Waals surface area contributed by atoms with Crippen LogP contribution < -0.4 is 37.8 Å². The molecule has 5 amide bonds. The fraction of sp³-hybridized carbons (Fsp3) is 0.410. The number of ether oxygens (including phenoxy) is 1. The van der Waals surface area contributed by atoms with Crippen LogP contribution in [0.15, 0.2) is 76.3 Å². The van der Waals surface area contributed by atoms with E-state index in [9.17, 15) is 54.0 Å². The smallest absolute Gasteiger partial charge is 0.331 e. The Bertz CT molecular complexity index is 2210. The summed E-state index contributed by atoms with van der Waals surface area (Å²) in [6.45, 7) is 1.74. The zero-order valence-electron chi connectivity index (χ0n) is 32.9. The summed E-state index contributed by atoms with van der Waals surface area (Å²) >= 11 is 1.37. The highest BCUT2D eigenvalue weighted by molar-refractivity contribution is 7.98. The van der Waals surface area contributed by atoms with Crippen LogP contribution in [0.5, 0.6) is 11.5 Å². The van der Waals surface area contributed by atoms with Crippen molar-refractivity contribution in [1.29, 1.82) is 0 Å². The normalized spacial score (nSPS) is 19.7. The third-order valence-electron chi connectivity index (χ3n) is 10.2. The summed E-state index contributed by atoms with van der Waals surface area (Å²) < 4.78 is 6.70. The van der Waals surface area contributed by atoms with Crippen LogP contribution in [-0.4, -0.2) is 120 Å². The highest BCUT2D eigenvalue weighted by Gasteiger charge is 2.38. The number of urea groups is 1. The molecule has 7 atom stereocenters. The molecule has 0 spiro atoms. The topological polar surface area (TPSA) is 294 Å². The fourth-order valence-electron chi connectivity index (χ4n) is 6.76. The van der Waals surface area contributed by atoms with E-state index in [4.69, 9.17) is 4.74 Å². The monoisotopic (exact) mass is 852 g/mol. The first-order chi connectivity index (χ1) is 28.6. The van der Waals surface area contributed by atoms with Crippen LogP contribution >= 0.6 is 11.8 Å². The maximum absolute atomic E-state index is 14.0. The second kappa shape index (κ2) is 20.1. The van der Waals surface area contributed by atoms with Crippen LogP contribution in [0.1, 0.15) is 42.7 Å². The van der Waals surface area contributed by atoms with Crippen LogP contribution in [0, 0.1) is 0 Å². The van der Waals surface area contributed by atoms with E-state index in [1.165, 1.54) is 54.9 Å². The maximum atomic E-state index is 14.0. The standard InChI is InChI=1S/C39H48N8O12S/c1-20(46(2)35(54)27-16-22-5-4-6-29(49)25(22)19-40-27)32(34(53)41-18-24-17-30(50)36(59-24)47-13-11-31(51)44-39(47)58)45-33(52)26(12-14-60-3)42-38(57)43-28(37(55)56)15-21-7-9-23(48)10-8-21/h4-11,13,18,20,26-28,30,32,36,40,48-50H,12,14-17,19H2,1-3H3,(H,41,53)(H,45,52)(H,55,56)(H2,42,43,57)(H,44,51,58)/b24-18-/t20-,26-,27?,28-,30+,32-,36+/m0/s1. The molecule has 2 aromatic carbocycles. The van der Waals surface area contributed by atoms with Crippen molar-refractivity contribution >= 4 is 41.5 Å². The van der Waals surface area contributed by atoms with Crippen molar-refractivity contribution in [2.45, 2.75) is 81.7 Å². The van der Waals surface area contributed by atoms with Crippen molar-refractivity contribution in [3.05, 3.63) is 104 Å². The molecule has 1 aromatic heterocycles. The molecule has 0 bridgehead atoms. The summed E-state index contributed by atoms with van der Waals surface area (Å²) in [6.07, 6.45) is 1.60. The van der Waals surface area contributed by atoms with Crippen LogP contribution in [0.3, 0.4) is 0 Å². The van der Waals surface area contributed by atoms with Gasteiger partial charge in [0.25, 0.3) is 5.56 Å². The molecule has 0 aliphatic carbocycles. The van der Waals surface area contributed by atoms with E-state index in [1.807, 2.05) is 0 Å². The Kier molecular flexibility index (Phi) is 15.0. The maximum Gasteiger partial charge on any atom is 0.331 e. The van der Waals surface area contributed by atoms with E-state index in [0.29, 0.717) is 16.9 Å². The number of aliphatic carboxylic acids is 1. The number of aromatic amines is 1. The number of hydrogen-bond acceptors (Lipinski definition) is 13. The number of carboxylic acid groups (broad SMARTS) is 1. The van der Waals surface area contributed by atoms with Crippen molar-refractivity contribution in [2.24, 2.45) is 0 Å². The molecular weight excluding hydrogens is 805 g/mol. The lowest BCUT2D eigenvalue weighted by molar-refractivity contribution is -0.139. The average Bonchev–Trinajstić information content (AvgIpc) is 3.59.